The van der Waals surface area contributed by atoms with Crippen LogP contribution in [0.15, 0.2) is 24.3 Å². The number of benzene rings is 1. The van der Waals surface area contributed by atoms with Crippen molar-refractivity contribution in [1.29, 1.82) is 0 Å². The van der Waals surface area contributed by atoms with Crippen molar-refractivity contribution >= 4 is 24.0 Å². The van der Waals surface area contributed by atoms with E-state index in [0.29, 0.717) is 26.2 Å². The van der Waals surface area contributed by atoms with Gasteiger partial charge in [-0.25, -0.2) is 0 Å². The average Bonchev–Trinajstić information content (AvgIpc) is 2.45. The predicted octanol–water partition coefficient (Wildman–Crippen LogP) is 1.84. The molecule has 124 valence electrons. The molecule has 1 aliphatic rings. The maximum Gasteiger partial charge on any atom is 0.240 e. The maximum absolute atomic E-state index is 12.4. The molecule has 22 heavy (non-hydrogen) atoms. The standard InChI is InChI=1S/C16H25N3O2.ClH/c1-16(2,3)14(17)15(21)19-10-8-18(9-11-19)12-6-4-5-7-13(12)20;/h4-7,14,20H,8-11,17H2,1-3H3;1H/t14-;/m1./s1. The van der Waals surface area contributed by atoms with E-state index >= 15 is 0 Å². The molecule has 1 fully saturated rings. The smallest absolute Gasteiger partial charge is 0.240 e. The lowest BCUT2D eigenvalue weighted by Crippen LogP contribution is -2.56. The first-order chi connectivity index (χ1) is 9.80. The molecule has 0 unspecified atom stereocenters. The number of piperazine rings is 1. The molecule has 1 amide bonds. The van der Waals surface area contributed by atoms with Crippen molar-refractivity contribution in [3.05, 3.63) is 24.3 Å². The summed E-state index contributed by atoms with van der Waals surface area (Å²) in [7, 11) is 0. The third-order valence-electron chi connectivity index (χ3n) is 4.01. The molecule has 5 nitrogen and oxygen atoms in total. The van der Waals surface area contributed by atoms with Gasteiger partial charge in [-0.05, 0) is 17.5 Å². The molecule has 1 atom stereocenters. The average molecular weight is 328 g/mol. The summed E-state index contributed by atoms with van der Waals surface area (Å²) < 4.78 is 0. The zero-order valence-electron chi connectivity index (χ0n) is 13.5. The van der Waals surface area contributed by atoms with Crippen LogP contribution in [0.2, 0.25) is 0 Å². The fraction of sp³-hybridized carbons (Fsp3) is 0.562. The van der Waals surface area contributed by atoms with Crippen LogP contribution in [0.25, 0.3) is 0 Å². The number of carbonyl (C=O) groups is 1. The zero-order chi connectivity index (χ0) is 15.6. The monoisotopic (exact) mass is 327 g/mol. The number of anilines is 1. The van der Waals surface area contributed by atoms with Crippen molar-refractivity contribution in [3.8, 4) is 5.75 Å². The Bertz CT molecular complexity index is 508. The molecule has 1 saturated heterocycles. The zero-order valence-corrected chi connectivity index (χ0v) is 14.3. The van der Waals surface area contributed by atoms with Crippen molar-refractivity contribution in [2.45, 2.75) is 26.8 Å². The highest BCUT2D eigenvalue weighted by Gasteiger charge is 2.32. The molecular formula is C16H26ClN3O2. The minimum Gasteiger partial charge on any atom is -0.506 e. The molecular weight excluding hydrogens is 302 g/mol. The third kappa shape index (κ3) is 4.05. The van der Waals surface area contributed by atoms with Crippen LogP contribution in [0.4, 0.5) is 5.69 Å². The largest absolute Gasteiger partial charge is 0.506 e. The summed E-state index contributed by atoms with van der Waals surface area (Å²) >= 11 is 0. The second kappa shape index (κ2) is 7.20. The molecule has 1 aromatic carbocycles. The first-order valence-corrected chi connectivity index (χ1v) is 7.38. The minimum absolute atomic E-state index is 0. The topological polar surface area (TPSA) is 69.8 Å². The van der Waals surface area contributed by atoms with Crippen LogP contribution < -0.4 is 10.6 Å². The van der Waals surface area contributed by atoms with Crippen molar-refractivity contribution < 1.29 is 9.90 Å². The van der Waals surface area contributed by atoms with E-state index in [2.05, 4.69) is 4.90 Å². The van der Waals surface area contributed by atoms with Crippen molar-refractivity contribution in [2.24, 2.45) is 11.1 Å². The molecule has 1 heterocycles. The Morgan fingerprint density at radius 1 is 1.18 bits per heavy atom. The van der Waals surface area contributed by atoms with Gasteiger partial charge in [-0.1, -0.05) is 32.9 Å². The first-order valence-electron chi connectivity index (χ1n) is 7.38. The molecule has 0 aromatic heterocycles. The van der Waals surface area contributed by atoms with Gasteiger partial charge in [-0.3, -0.25) is 4.79 Å². The second-order valence-corrected chi connectivity index (χ2v) is 6.64. The van der Waals surface area contributed by atoms with E-state index in [0.717, 1.165) is 5.69 Å². The summed E-state index contributed by atoms with van der Waals surface area (Å²) in [5.74, 6) is 0.295. The van der Waals surface area contributed by atoms with Crippen LogP contribution in [-0.4, -0.2) is 48.1 Å². The molecule has 1 aliphatic heterocycles. The van der Waals surface area contributed by atoms with Gasteiger partial charge < -0.3 is 20.6 Å². The SMILES string of the molecule is CC(C)(C)[C@H](N)C(=O)N1CCN(c2ccccc2O)CC1.Cl. The van der Waals surface area contributed by atoms with E-state index in [4.69, 9.17) is 5.73 Å². The van der Waals surface area contributed by atoms with Gasteiger partial charge >= 0.3 is 0 Å². The van der Waals surface area contributed by atoms with E-state index in [-0.39, 0.29) is 29.5 Å². The highest BCUT2D eigenvalue weighted by Crippen LogP contribution is 2.27. The number of rotatable bonds is 2. The summed E-state index contributed by atoms with van der Waals surface area (Å²) in [4.78, 5) is 16.3. The molecule has 0 bridgehead atoms. The molecule has 0 aliphatic carbocycles. The van der Waals surface area contributed by atoms with E-state index in [1.54, 1.807) is 12.1 Å². The number of phenolic OH excluding ortho intramolecular Hbond substituents is 1. The Morgan fingerprint density at radius 2 is 1.73 bits per heavy atom. The van der Waals surface area contributed by atoms with Gasteiger partial charge in [0, 0.05) is 26.2 Å². The summed E-state index contributed by atoms with van der Waals surface area (Å²) in [5.41, 5.74) is 6.64. The highest BCUT2D eigenvalue weighted by atomic mass is 35.5. The van der Waals surface area contributed by atoms with E-state index in [1.165, 1.54) is 0 Å². The van der Waals surface area contributed by atoms with E-state index < -0.39 is 6.04 Å². The Balaban J connectivity index is 0.00000242. The van der Waals surface area contributed by atoms with Crippen LogP contribution in [-0.2, 0) is 4.79 Å². The summed E-state index contributed by atoms with van der Waals surface area (Å²) in [6.07, 6.45) is 0. The molecule has 0 radical (unpaired) electrons. The van der Waals surface area contributed by atoms with Crippen LogP contribution in [0.5, 0.6) is 5.75 Å². The second-order valence-electron chi connectivity index (χ2n) is 6.64. The van der Waals surface area contributed by atoms with E-state index in [1.807, 2.05) is 37.8 Å². The van der Waals surface area contributed by atoms with Crippen LogP contribution >= 0.6 is 12.4 Å². The number of nitrogens with zero attached hydrogens (tertiary/aromatic N) is 2. The number of para-hydroxylation sites is 2. The van der Waals surface area contributed by atoms with Crippen LogP contribution in [0.3, 0.4) is 0 Å². The van der Waals surface area contributed by atoms with Gasteiger partial charge in [0.25, 0.3) is 0 Å². The fourth-order valence-corrected chi connectivity index (χ4v) is 2.47. The van der Waals surface area contributed by atoms with E-state index in [9.17, 15) is 9.90 Å². The number of phenols is 1. The Morgan fingerprint density at radius 3 is 2.23 bits per heavy atom. The van der Waals surface area contributed by atoms with Crippen molar-refractivity contribution in [2.75, 3.05) is 31.1 Å². The third-order valence-corrected chi connectivity index (χ3v) is 4.01. The van der Waals surface area contributed by atoms with Crippen LogP contribution in [0, 0.1) is 5.41 Å². The Kier molecular flexibility index (Phi) is 6.08. The molecule has 0 spiro atoms. The number of carbonyl (C=O) groups excluding carboxylic acids is 1. The lowest BCUT2D eigenvalue weighted by atomic mass is 9.86. The van der Waals surface area contributed by atoms with Gasteiger partial charge in [0.1, 0.15) is 5.75 Å². The number of aromatic hydroxyl groups is 1. The normalized spacial score (nSPS) is 16.9. The van der Waals surface area contributed by atoms with Gasteiger partial charge in [-0.15, -0.1) is 12.4 Å². The molecule has 3 N–H and O–H groups in total. The predicted molar refractivity (Wildman–Crippen MR) is 91.6 cm³/mol. The van der Waals surface area contributed by atoms with Gasteiger partial charge in [-0.2, -0.15) is 0 Å². The van der Waals surface area contributed by atoms with Crippen LogP contribution in [0.1, 0.15) is 20.8 Å². The Hall–Kier alpha value is -1.46. The molecule has 1 aromatic rings. The van der Waals surface area contributed by atoms with Gasteiger partial charge in [0.05, 0.1) is 11.7 Å². The molecule has 0 saturated carbocycles. The van der Waals surface area contributed by atoms with Gasteiger partial charge in [0.2, 0.25) is 5.91 Å². The number of nitrogens with two attached hydrogens (primary N) is 1. The fourth-order valence-electron chi connectivity index (χ4n) is 2.47. The molecule has 6 heteroatoms. The summed E-state index contributed by atoms with van der Waals surface area (Å²) in [6, 6.07) is 6.81. The number of hydrogen-bond donors (Lipinski definition) is 2. The van der Waals surface area contributed by atoms with Crippen molar-refractivity contribution in [3.63, 3.8) is 0 Å². The first kappa shape index (κ1) is 18.6. The number of halogens is 1. The number of amides is 1. The number of hydrogen-bond acceptors (Lipinski definition) is 4. The quantitative estimate of drug-likeness (QED) is 0.869. The Labute approximate surface area is 138 Å². The lowest BCUT2D eigenvalue weighted by molar-refractivity contribution is -0.135. The van der Waals surface area contributed by atoms with Gasteiger partial charge in [0.15, 0.2) is 0 Å². The maximum atomic E-state index is 12.4. The summed E-state index contributed by atoms with van der Waals surface area (Å²) in [5, 5.41) is 9.89. The summed E-state index contributed by atoms with van der Waals surface area (Å²) in [6.45, 7) is 8.63. The minimum atomic E-state index is -0.478. The highest BCUT2D eigenvalue weighted by molar-refractivity contribution is 5.85. The lowest BCUT2D eigenvalue weighted by Gasteiger charge is -2.39. The van der Waals surface area contributed by atoms with Crippen molar-refractivity contribution in [1.82, 2.24) is 4.90 Å². The molecule has 2 rings (SSSR count).